The first kappa shape index (κ1) is 15.3. The van der Waals surface area contributed by atoms with E-state index in [1.807, 2.05) is 0 Å². The van der Waals surface area contributed by atoms with E-state index in [2.05, 4.69) is 29.9 Å². The summed E-state index contributed by atoms with van der Waals surface area (Å²) in [6.45, 7) is 4.25. The number of aromatic nitrogens is 6. The van der Waals surface area contributed by atoms with E-state index in [1.165, 1.54) is 44.3 Å². The van der Waals surface area contributed by atoms with E-state index in [4.69, 9.17) is 4.98 Å². The van der Waals surface area contributed by atoms with Gasteiger partial charge in [0.05, 0.1) is 6.54 Å². The number of fused-ring (bicyclic) bond motifs is 1. The molecule has 4 aliphatic rings. The zero-order valence-corrected chi connectivity index (χ0v) is 15.3. The lowest BCUT2D eigenvalue weighted by Crippen LogP contribution is -2.24. The van der Waals surface area contributed by atoms with Gasteiger partial charge >= 0.3 is 0 Å². The number of rotatable bonds is 5. The van der Waals surface area contributed by atoms with Gasteiger partial charge in [-0.25, -0.2) is 4.98 Å². The van der Waals surface area contributed by atoms with Gasteiger partial charge in [0.2, 0.25) is 0 Å². The molecule has 0 spiro atoms. The monoisotopic (exact) mass is 353 g/mol. The van der Waals surface area contributed by atoms with Crippen LogP contribution in [0.3, 0.4) is 0 Å². The number of hydrogen-bond donors (Lipinski definition) is 1. The summed E-state index contributed by atoms with van der Waals surface area (Å²) in [5.74, 6) is 7.27. The van der Waals surface area contributed by atoms with Gasteiger partial charge in [0.1, 0.15) is 17.5 Å². The largest absolute Gasteiger partial charge is 0.314 e. The molecule has 0 radical (unpaired) electrons. The Morgan fingerprint density at radius 2 is 1.96 bits per heavy atom. The van der Waals surface area contributed by atoms with Gasteiger partial charge in [-0.1, -0.05) is 0 Å². The van der Waals surface area contributed by atoms with Crippen LogP contribution in [-0.4, -0.2) is 47.9 Å². The Hall–Kier alpha value is -1.76. The molecule has 7 nitrogen and oxygen atoms in total. The highest BCUT2D eigenvalue weighted by atomic mass is 15.3. The second-order valence-corrected chi connectivity index (χ2v) is 8.80. The van der Waals surface area contributed by atoms with Crippen molar-refractivity contribution in [3.05, 3.63) is 23.3 Å². The number of nitrogens with zero attached hydrogens (tertiary/aromatic N) is 6. The van der Waals surface area contributed by atoms with E-state index in [1.54, 1.807) is 0 Å². The minimum atomic E-state index is 0.506. The van der Waals surface area contributed by atoms with Crippen LogP contribution >= 0.6 is 0 Å². The zero-order valence-electron chi connectivity index (χ0n) is 15.3. The maximum Gasteiger partial charge on any atom is 0.153 e. The van der Waals surface area contributed by atoms with Crippen molar-refractivity contribution in [1.29, 1.82) is 0 Å². The molecule has 2 aliphatic carbocycles. The van der Waals surface area contributed by atoms with Gasteiger partial charge in [0.25, 0.3) is 0 Å². The van der Waals surface area contributed by atoms with Gasteiger partial charge < -0.3 is 4.57 Å². The topological polar surface area (TPSA) is 75.5 Å². The van der Waals surface area contributed by atoms with Gasteiger partial charge in [-0.05, 0) is 50.4 Å². The molecule has 2 atom stereocenters. The third-order valence-corrected chi connectivity index (χ3v) is 6.78. The smallest absolute Gasteiger partial charge is 0.153 e. The molecule has 2 saturated carbocycles. The molecule has 0 aromatic carbocycles. The molecule has 3 fully saturated rings. The van der Waals surface area contributed by atoms with Crippen LogP contribution < -0.4 is 0 Å². The Labute approximate surface area is 153 Å². The first-order valence-corrected chi connectivity index (χ1v) is 10.4. The van der Waals surface area contributed by atoms with Crippen LogP contribution in [0.4, 0.5) is 0 Å². The van der Waals surface area contributed by atoms with Gasteiger partial charge in [-0.2, -0.15) is 5.10 Å². The Balaban J connectivity index is 1.21. The van der Waals surface area contributed by atoms with Crippen molar-refractivity contribution in [2.24, 2.45) is 11.8 Å². The van der Waals surface area contributed by atoms with Gasteiger partial charge in [-0.3, -0.25) is 10.00 Å². The molecule has 1 saturated heterocycles. The van der Waals surface area contributed by atoms with Crippen molar-refractivity contribution in [3.63, 3.8) is 0 Å². The fourth-order valence-corrected chi connectivity index (χ4v) is 5.00. The zero-order chi connectivity index (χ0) is 17.1. The van der Waals surface area contributed by atoms with Gasteiger partial charge in [0, 0.05) is 37.9 Å². The standard InChI is InChI=1S/C19H27N7/c1-2-8-26-16(3-1)21-22-17(26)11-25-9-14(12-4-5-12)15(10-25)19-20-18(23-24-19)13-6-7-13/h12-15H,1-11H2,(H,20,23,24)/t14-,15+/m1/s1. The van der Waals surface area contributed by atoms with Crippen molar-refractivity contribution in [3.8, 4) is 0 Å². The van der Waals surface area contributed by atoms with Crippen molar-refractivity contribution >= 4 is 0 Å². The number of nitrogens with one attached hydrogen (secondary N) is 1. The quantitative estimate of drug-likeness (QED) is 0.892. The SMILES string of the molecule is C1CCn2c(nnc2CN2C[C@H](c3nc(C4CC4)n[nH]3)[C@@H](C3CC3)C2)C1. The minimum absolute atomic E-state index is 0.506. The molecule has 0 unspecified atom stereocenters. The fourth-order valence-electron chi connectivity index (χ4n) is 5.00. The normalized spacial score (nSPS) is 29.2. The van der Waals surface area contributed by atoms with Crippen molar-refractivity contribution in [2.45, 2.75) is 69.9 Å². The number of aryl methyl sites for hydroxylation is 1. The Kier molecular flexibility index (Phi) is 3.46. The molecule has 7 heteroatoms. The van der Waals surface area contributed by atoms with Crippen LogP contribution in [0.1, 0.15) is 73.7 Å². The lowest BCUT2D eigenvalue weighted by molar-refractivity contribution is 0.294. The average Bonchev–Trinajstić information content (AvgIpc) is 3.57. The van der Waals surface area contributed by atoms with E-state index in [-0.39, 0.29) is 0 Å². The van der Waals surface area contributed by atoms with E-state index >= 15 is 0 Å². The van der Waals surface area contributed by atoms with Crippen molar-refractivity contribution < 1.29 is 0 Å². The van der Waals surface area contributed by atoms with Crippen LogP contribution in [0.2, 0.25) is 0 Å². The van der Waals surface area contributed by atoms with Crippen LogP contribution in [0, 0.1) is 11.8 Å². The molecule has 26 heavy (non-hydrogen) atoms. The summed E-state index contributed by atoms with van der Waals surface area (Å²) in [6, 6.07) is 0. The lowest BCUT2D eigenvalue weighted by atomic mass is 9.91. The van der Waals surface area contributed by atoms with E-state index in [0.717, 1.165) is 61.9 Å². The van der Waals surface area contributed by atoms with Crippen molar-refractivity contribution in [2.75, 3.05) is 13.1 Å². The lowest BCUT2D eigenvalue weighted by Gasteiger charge is -2.18. The van der Waals surface area contributed by atoms with Crippen molar-refractivity contribution in [1.82, 2.24) is 34.8 Å². The number of hydrogen-bond acceptors (Lipinski definition) is 5. The Morgan fingerprint density at radius 1 is 1.04 bits per heavy atom. The molecule has 4 heterocycles. The first-order valence-electron chi connectivity index (χ1n) is 10.4. The second-order valence-electron chi connectivity index (χ2n) is 8.80. The summed E-state index contributed by atoms with van der Waals surface area (Å²) in [6.07, 6.45) is 8.90. The van der Waals surface area contributed by atoms with E-state index in [9.17, 15) is 0 Å². The predicted molar refractivity (Wildman–Crippen MR) is 95.5 cm³/mol. The average molecular weight is 353 g/mol. The molecule has 1 N–H and O–H groups in total. The van der Waals surface area contributed by atoms with E-state index < -0.39 is 0 Å². The van der Waals surface area contributed by atoms with E-state index in [0.29, 0.717) is 11.8 Å². The number of H-pyrrole nitrogens is 1. The summed E-state index contributed by atoms with van der Waals surface area (Å²) in [5.41, 5.74) is 0. The Bertz CT molecular complexity index is 801. The maximum atomic E-state index is 4.89. The molecule has 6 rings (SSSR count). The van der Waals surface area contributed by atoms with Crippen LogP contribution in [0.15, 0.2) is 0 Å². The van der Waals surface area contributed by atoms with Crippen LogP contribution in [0.25, 0.3) is 0 Å². The summed E-state index contributed by atoms with van der Waals surface area (Å²) in [5, 5.41) is 16.7. The molecule has 138 valence electrons. The highest BCUT2D eigenvalue weighted by Gasteiger charge is 2.45. The Morgan fingerprint density at radius 3 is 2.81 bits per heavy atom. The van der Waals surface area contributed by atoms with Gasteiger partial charge in [-0.15, -0.1) is 10.2 Å². The summed E-state index contributed by atoms with van der Waals surface area (Å²) >= 11 is 0. The summed E-state index contributed by atoms with van der Waals surface area (Å²) < 4.78 is 2.36. The third-order valence-electron chi connectivity index (χ3n) is 6.78. The fraction of sp³-hybridized carbons (Fsp3) is 0.789. The molecule has 0 bridgehead atoms. The highest BCUT2D eigenvalue weighted by Crippen LogP contribution is 2.47. The molecule has 2 aromatic heterocycles. The third kappa shape index (κ3) is 2.68. The summed E-state index contributed by atoms with van der Waals surface area (Å²) in [4.78, 5) is 7.47. The maximum absolute atomic E-state index is 4.89. The molecule has 2 aromatic rings. The number of likely N-dealkylation sites (tertiary alicyclic amines) is 1. The molecule has 2 aliphatic heterocycles. The summed E-state index contributed by atoms with van der Waals surface area (Å²) in [7, 11) is 0. The predicted octanol–water partition coefficient (Wildman–Crippen LogP) is 2.24. The first-order chi connectivity index (χ1) is 12.8. The number of aromatic amines is 1. The molecule has 0 amide bonds. The second kappa shape index (κ2) is 5.87. The van der Waals surface area contributed by atoms with Crippen LogP contribution in [0.5, 0.6) is 0 Å². The van der Waals surface area contributed by atoms with Gasteiger partial charge in [0.15, 0.2) is 5.82 Å². The minimum Gasteiger partial charge on any atom is -0.314 e. The highest BCUT2D eigenvalue weighted by molar-refractivity contribution is 5.12. The molecular formula is C19H27N7. The van der Waals surface area contributed by atoms with Crippen LogP contribution in [-0.2, 0) is 19.5 Å². The molecular weight excluding hydrogens is 326 g/mol.